The summed E-state index contributed by atoms with van der Waals surface area (Å²) in [5.41, 5.74) is 5.10. The molecule has 1 aromatic heterocycles. The molecule has 0 unspecified atom stereocenters. The van der Waals surface area contributed by atoms with Crippen molar-refractivity contribution in [3.05, 3.63) is 21.9 Å². The number of thiophene rings is 1. The van der Waals surface area contributed by atoms with Crippen molar-refractivity contribution in [1.29, 1.82) is 0 Å². The first-order valence-electron chi connectivity index (χ1n) is 5.25. The minimum atomic E-state index is -3.51. The Bertz CT molecular complexity index is 596. The van der Waals surface area contributed by atoms with Crippen LogP contribution in [0.1, 0.15) is 17.4 Å². The van der Waals surface area contributed by atoms with Crippen molar-refractivity contribution in [2.24, 2.45) is 10.7 Å². The number of rotatable bonds is 2. The minimum Gasteiger partial charge on any atom is -0.369 e. The van der Waals surface area contributed by atoms with Gasteiger partial charge in [0.15, 0.2) is 0 Å². The Labute approximate surface area is 109 Å². The zero-order valence-corrected chi connectivity index (χ0v) is 11.7. The van der Waals surface area contributed by atoms with Gasteiger partial charge in [-0.05, 0) is 23.9 Å². The topological polar surface area (TPSA) is 75.8 Å². The second-order valence-electron chi connectivity index (χ2n) is 4.38. The summed E-state index contributed by atoms with van der Waals surface area (Å²) in [5, 5.41) is 1.73. The van der Waals surface area contributed by atoms with E-state index in [1.165, 1.54) is 18.4 Å². The van der Waals surface area contributed by atoms with E-state index in [-0.39, 0.29) is 11.7 Å². The largest absolute Gasteiger partial charge is 0.369 e. The van der Waals surface area contributed by atoms with Crippen molar-refractivity contribution < 1.29 is 12.8 Å². The summed E-state index contributed by atoms with van der Waals surface area (Å²) in [5.74, 6) is -0.271. The van der Waals surface area contributed by atoms with Crippen LogP contribution in [0.2, 0.25) is 0 Å². The Morgan fingerprint density at radius 3 is 2.89 bits per heavy atom. The maximum atomic E-state index is 12.9. The molecule has 1 aliphatic heterocycles. The SMILES string of the molecule is CN1C(N)=N[C@](C)(c2sccc2CF)CS1(=O)=O. The zero-order chi connectivity index (χ0) is 13.6. The fourth-order valence-corrected chi connectivity index (χ4v) is 4.52. The highest BCUT2D eigenvalue weighted by Crippen LogP contribution is 2.37. The summed E-state index contributed by atoms with van der Waals surface area (Å²) in [6.07, 6.45) is 0. The van der Waals surface area contributed by atoms with Gasteiger partial charge < -0.3 is 5.73 Å². The van der Waals surface area contributed by atoms with E-state index in [1.54, 1.807) is 18.4 Å². The summed E-state index contributed by atoms with van der Waals surface area (Å²) in [6, 6.07) is 1.64. The molecule has 0 saturated carbocycles. The van der Waals surface area contributed by atoms with Crippen molar-refractivity contribution in [3.63, 3.8) is 0 Å². The number of nitrogens with two attached hydrogens (primary N) is 1. The van der Waals surface area contributed by atoms with Crippen molar-refractivity contribution in [2.45, 2.75) is 19.1 Å². The van der Waals surface area contributed by atoms with Crippen LogP contribution in [-0.4, -0.2) is 31.5 Å². The quantitative estimate of drug-likeness (QED) is 0.884. The molecule has 0 saturated heterocycles. The van der Waals surface area contributed by atoms with Gasteiger partial charge in [-0.2, -0.15) is 0 Å². The monoisotopic (exact) mass is 291 g/mol. The van der Waals surface area contributed by atoms with E-state index in [0.29, 0.717) is 10.4 Å². The second kappa shape index (κ2) is 4.20. The molecule has 0 bridgehead atoms. The Balaban J connectivity index is 2.57. The Morgan fingerprint density at radius 2 is 2.33 bits per heavy atom. The van der Waals surface area contributed by atoms with Gasteiger partial charge in [-0.15, -0.1) is 11.3 Å². The van der Waals surface area contributed by atoms with Crippen molar-refractivity contribution >= 4 is 27.3 Å². The molecule has 1 aliphatic rings. The molecule has 1 aromatic rings. The lowest BCUT2D eigenvalue weighted by Crippen LogP contribution is -2.50. The van der Waals surface area contributed by atoms with Crippen molar-refractivity contribution in [1.82, 2.24) is 4.31 Å². The van der Waals surface area contributed by atoms with Gasteiger partial charge >= 0.3 is 0 Å². The van der Waals surface area contributed by atoms with Gasteiger partial charge in [0, 0.05) is 11.9 Å². The first kappa shape index (κ1) is 13.3. The molecular formula is C10H14FN3O2S2. The highest BCUT2D eigenvalue weighted by Gasteiger charge is 2.41. The van der Waals surface area contributed by atoms with Crippen LogP contribution in [0, 0.1) is 0 Å². The summed E-state index contributed by atoms with van der Waals surface area (Å²) < 4.78 is 37.8. The summed E-state index contributed by atoms with van der Waals surface area (Å²) in [7, 11) is -2.15. The van der Waals surface area contributed by atoms with E-state index in [4.69, 9.17) is 5.73 Å². The molecule has 18 heavy (non-hydrogen) atoms. The maximum absolute atomic E-state index is 12.9. The lowest BCUT2D eigenvalue weighted by atomic mass is 10.0. The highest BCUT2D eigenvalue weighted by atomic mass is 32.2. The Hall–Kier alpha value is -1.15. The number of aliphatic imine (C=N–C) groups is 1. The van der Waals surface area contributed by atoms with Crippen LogP contribution in [0.5, 0.6) is 0 Å². The van der Waals surface area contributed by atoms with Crippen LogP contribution in [0.3, 0.4) is 0 Å². The molecule has 0 amide bonds. The van der Waals surface area contributed by atoms with Gasteiger partial charge in [0.25, 0.3) is 0 Å². The van der Waals surface area contributed by atoms with Crippen LogP contribution in [0.25, 0.3) is 0 Å². The first-order chi connectivity index (χ1) is 8.30. The number of hydrogen-bond acceptors (Lipinski definition) is 5. The second-order valence-corrected chi connectivity index (χ2v) is 7.29. The average molecular weight is 291 g/mol. The van der Waals surface area contributed by atoms with Gasteiger partial charge in [-0.1, -0.05) is 0 Å². The van der Waals surface area contributed by atoms with Gasteiger partial charge in [0.1, 0.15) is 12.2 Å². The predicted molar refractivity (Wildman–Crippen MR) is 69.7 cm³/mol. The van der Waals surface area contributed by atoms with Gasteiger partial charge in [-0.25, -0.2) is 22.1 Å². The molecule has 0 fully saturated rings. The Morgan fingerprint density at radius 1 is 1.67 bits per heavy atom. The average Bonchev–Trinajstić information content (AvgIpc) is 2.74. The molecule has 0 aliphatic carbocycles. The summed E-state index contributed by atoms with van der Waals surface area (Å²) >= 11 is 1.30. The van der Waals surface area contributed by atoms with E-state index in [0.717, 1.165) is 4.31 Å². The van der Waals surface area contributed by atoms with E-state index in [2.05, 4.69) is 4.99 Å². The number of guanidine groups is 1. The smallest absolute Gasteiger partial charge is 0.239 e. The molecule has 1 atom stereocenters. The normalized spacial score (nSPS) is 27.1. The molecular weight excluding hydrogens is 277 g/mol. The fourth-order valence-electron chi connectivity index (χ4n) is 1.98. The van der Waals surface area contributed by atoms with Crippen molar-refractivity contribution in [2.75, 3.05) is 12.8 Å². The highest BCUT2D eigenvalue weighted by molar-refractivity contribution is 7.89. The Kier molecular flexibility index (Phi) is 3.10. The summed E-state index contributed by atoms with van der Waals surface area (Å²) in [4.78, 5) is 4.84. The van der Waals surface area contributed by atoms with Gasteiger partial charge in [0.2, 0.25) is 16.0 Å². The number of sulfonamides is 1. The van der Waals surface area contributed by atoms with Gasteiger partial charge in [0.05, 0.1) is 5.75 Å². The van der Waals surface area contributed by atoms with Crippen LogP contribution in [0.4, 0.5) is 4.39 Å². The van der Waals surface area contributed by atoms with E-state index in [9.17, 15) is 12.8 Å². The van der Waals surface area contributed by atoms with Gasteiger partial charge in [-0.3, -0.25) is 0 Å². The third kappa shape index (κ3) is 1.99. The number of hydrogen-bond donors (Lipinski definition) is 1. The number of alkyl halides is 1. The van der Waals surface area contributed by atoms with Crippen LogP contribution in [0.15, 0.2) is 16.4 Å². The predicted octanol–water partition coefficient (Wildman–Crippen LogP) is 1.02. The molecule has 100 valence electrons. The summed E-state index contributed by atoms with van der Waals surface area (Å²) in [6.45, 7) is 1.02. The van der Waals surface area contributed by atoms with Crippen molar-refractivity contribution in [3.8, 4) is 0 Å². The van der Waals surface area contributed by atoms with Crippen LogP contribution in [-0.2, 0) is 22.2 Å². The molecule has 2 rings (SSSR count). The number of halogens is 1. The molecule has 2 N–H and O–H groups in total. The third-order valence-corrected chi connectivity index (χ3v) is 6.10. The standard InChI is InChI=1S/C10H14FN3O2S2/c1-10(8-7(5-11)3-4-17-8)6-18(15,16)14(2)9(12)13-10/h3-4H,5-6H2,1-2H3,(H2,12,13)/t10-/m0/s1. The van der Waals surface area contributed by atoms with E-state index >= 15 is 0 Å². The molecule has 0 spiro atoms. The fraction of sp³-hybridized carbons (Fsp3) is 0.500. The van der Waals surface area contributed by atoms with E-state index < -0.39 is 22.2 Å². The lowest BCUT2D eigenvalue weighted by Gasteiger charge is -2.34. The first-order valence-corrected chi connectivity index (χ1v) is 7.74. The molecule has 8 heteroatoms. The van der Waals surface area contributed by atoms with E-state index in [1.807, 2.05) is 0 Å². The number of nitrogens with zero attached hydrogens (tertiary/aromatic N) is 2. The third-order valence-electron chi connectivity index (χ3n) is 2.94. The molecule has 2 heterocycles. The van der Waals surface area contributed by atoms with Crippen LogP contribution >= 0.6 is 11.3 Å². The minimum absolute atomic E-state index is 0.0676. The molecule has 0 aromatic carbocycles. The molecule has 0 radical (unpaired) electrons. The zero-order valence-electron chi connectivity index (χ0n) is 10.1. The molecule has 5 nitrogen and oxygen atoms in total. The maximum Gasteiger partial charge on any atom is 0.239 e. The lowest BCUT2D eigenvalue weighted by molar-refractivity contribution is 0.456. The van der Waals surface area contributed by atoms with Crippen LogP contribution < -0.4 is 5.73 Å².